The van der Waals surface area contributed by atoms with Crippen molar-refractivity contribution in [2.45, 2.75) is 38.8 Å². The monoisotopic (exact) mass is 544 g/mol. The average molecular weight is 545 g/mol. The Labute approximate surface area is 190 Å². The Balaban J connectivity index is 0.00000392. The Hall–Kier alpha value is -0.780. The van der Waals surface area contributed by atoms with E-state index < -0.39 is 10.0 Å². The Bertz CT molecular complexity index is 740. The van der Waals surface area contributed by atoms with Gasteiger partial charge in [-0.05, 0) is 44.9 Å². The molecule has 1 atom stereocenters. The minimum atomic E-state index is -3.10. The maximum atomic E-state index is 11.9. The lowest BCUT2D eigenvalue weighted by Gasteiger charge is -2.32. The summed E-state index contributed by atoms with van der Waals surface area (Å²) < 4.78 is 31.3. The number of sulfonamides is 1. The summed E-state index contributed by atoms with van der Waals surface area (Å²) in [5, 5.41) is 7.26. The molecule has 1 aliphatic rings. The fourth-order valence-electron chi connectivity index (χ4n) is 2.90. The first kappa shape index (κ1) is 25.3. The van der Waals surface area contributed by atoms with Gasteiger partial charge in [-0.1, -0.05) is 17.7 Å². The van der Waals surface area contributed by atoms with Crippen molar-refractivity contribution in [2.75, 3.05) is 32.4 Å². The van der Waals surface area contributed by atoms with Gasteiger partial charge in [0.15, 0.2) is 5.96 Å². The predicted molar refractivity (Wildman–Crippen MR) is 126 cm³/mol. The molecule has 28 heavy (non-hydrogen) atoms. The maximum Gasteiger partial charge on any atom is 0.213 e. The van der Waals surface area contributed by atoms with Crippen molar-refractivity contribution in [1.82, 2.24) is 14.9 Å². The molecular weight excluding hydrogens is 515 g/mol. The zero-order valence-corrected chi connectivity index (χ0v) is 20.4. The molecule has 1 fully saturated rings. The molecule has 1 aliphatic heterocycles. The van der Waals surface area contributed by atoms with E-state index in [2.05, 4.69) is 15.6 Å². The number of guanidine groups is 1. The average Bonchev–Trinajstić information content (AvgIpc) is 2.65. The molecular formula is C18H30ClIN4O3S. The van der Waals surface area contributed by atoms with Gasteiger partial charge in [0.1, 0.15) is 11.9 Å². The molecule has 1 unspecified atom stereocenters. The molecule has 0 spiro atoms. The first-order chi connectivity index (χ1) is 12.8. The molecule has 0 amide bonds. The van der Waals surface area contributed by atoms with Gasteiger partial charge >= 0.3 is 0 Å². The van der Waals surface area contributed by atoms with E-state index in [0.717, 1.165) is 18.6 Å². The highest BCUT2D eigenvalue weighted by Crippen LogP contribution is 2.18. The Morgan fingerprint density at radius 2 is 2.07 bits per heavy atom. The number of aliphatic imine (C=N–C) groups is 1. The van der Waals surface area contributed by atoms with Crippen molar-refractivity contribution in [3.8, 4) is 5.75 Å². The summed E-state index contributed by atoms with van der Waals surface area (Å²) in [6.07, 6.45) is 1.45. The van der Waals surface area contributed by atoms with Crippen LogP contribution in [-0.4, -0.2) is 63.3 Å². The molecule has 1 aromatic rings. The van der Waals surface area contributed by atoms with Crippen LogP contribution in [0.25, 0.3) is 0 Å². The van der Waals surface area contributed by atoms with Crippen LogP contribution in [0.5, 0.6) is 5.75 Å². The van der Waals surface area contributed by atoms with Gasteiger partial charge < -0.3 is 15.4 Å². The normalized spacial score (nSPS) is 17.5. The number of hydrogen-bond acceptors (Lipinski definition) is 4. The summed E-state index contributed by atoms with van der Waals surface area (Å²) in [6.45, 7) is 5.31. The Morgan fingerprint density at radius 3 is 2.64 bits per heavy atom. The molecule has 0 radical (unpaired) electrons. The zero-order valence-electron chi connectivity index (χ0n) is 16.5. The maximum absolute atomic E-state index is 11.9. The summed E-state index contributed by atoms with van der Waals surface area (Å²) in [4.78, 5) is 4.25. The Kier molecular flexibility index (Phi) is 10.9. The summed E-state index contributed by atoms with van der Waals surface area (Å²) in [5.74, 6) is 1.57. The number of ether oxygens (including phenoxy) is 1. The minimum absolute atomic E-state index is 0. The van der Waals surface area contributed by atoms with Crippen LogP contribution in [0.4, 0.5) is 0 Å². The van der Waals surface area contributed by atoms with Crippen LogP contribution in [-0.2, 0) is 10.0 Å². The Morgan fingerprint density at radius 1 is 1.39 bits per heavy atom. The molecule has 1 saturated heterocycles. The molecule has 1 aromatic carbocycles. The number of nitrogens with one attached hydrogen (secondary N) is 2. The van der Waals surface area contributed by atoms with Crippen LogP contribution in [0.1, 0.15) is 26.7 Å². The van der Waals surface area contributed by atoms with Crippen molar-refractivity contribution in [3.05, 3.63) is 29.3 Å². The van der Waals surface area contributed by atoms with E-state index in [0.29, 0.717) is 30.6 Å². The second-order valence-electron chi connectivity index (χ2n) is 6.56. The third kappa shape index (κ3) is 7.92. The summed E-state index contributed by atoms with van der Waals surface area (Å²) in [5.41, 5.74) is 0. The molecule has 0 aliphatic carbocycles. The highest BCUT2D eigenvalue weighted by molar-refractivity contribution is 14.0. The number of hydrogen-bond donors (Lipinski definition) is 2. The lowest BCUT2D eigenvalue weighted by atomic mass is 10.1. The largest absolute Gasteiger partial charge is 0.489 e. The topological polar surface area (TPSA) is 83.0 Å². The second kappa shape index (κ2) is 12.0. The third-order valence-corrected chi connectivity index (χ3v) is 6.58. The van der Waals surface area contributed by atoms with Gasteiger partial charge in [0.25, 0.3) is 0 Å². The van der Waals surface area contributed by atoms with Crippen LogP contribution >= 0.6 is 35.6 Å². The van der Waals surface area contributed by atoms with E-state index in [1.807, 2.05) is 19.1 Å². The number of piperidine rings is 1. The first-order valence-corrected chi connectivity index (χ1v) is 11.2. The van der Waals surface area contributed by atoms with Gasteiger partial charge in [-0.2, -0.15) is 0 Å². The quantitative estimate of drug-likeness (QED) is 0.313. The summed E-state index contributed by atoms with van der Waals surface area (Å²) in [6, 6.07) is 7.50. The molecule has 160 valence electrons. The van der Waals surface area contributed by atoms with Gasteiger partial charge in [-0.25, -0.2) is 12.7 Å². The lowest BCUT2D eigenvalue weighted by Crippen LogP contribution is -2.51. The van der Waals surface area contributed by atoms with E-state index in [1.54, 1.807) is 30.4 Å². The van der Waals surface area contributed by atoms with Gasteiger partial charge in [-0.15, -0.1) is 24.0 Å². The standard InChI is InChI=1S/C18H29ClN4O3S.HI/c1-4-27(24,25)23-10-8-16(9-11-23)22-18(20-3)21-13-14(2)26-17-7-5-6-15(19)12-17;/h5-7,12,14,16H,4,8-11,13H2,1-3H3,(H2,20,21,22);1H. The third-order valence-electron chi connectivity index (χ3n) is 4.47. The van der Waals surface area contributed by atoms with Gasteiger partial charge in [0, 0.05) is 31.2 Å². The molecule has 0 aromatic heterocycles. The fourth-order valence-corrected chi connectivity index (χ4v) is 4.22. The number of halogens is 2. The molecule has 1 heterocycles. The van der Waals surface area contributed by atoms with Crippen molar-refractivity contribution in [2.24, 2.45) is 4.99 Å². The molecule has 0 bridgehead atoms. The number of rotatable bonds is 7. The van der Waals surface area contributed by atoms with Crippen LogP contribution in [0.2, 0.25) is 5.02 Å². The van der Waals surface area contributed by atoms with Crippen molar-refractivity contribution < 1.29 is 13.2 Å². The molecule has 2 N–H and O–H groups in total. The zero-order chi connectivity index (χ0) is 19.9. The highest BCUT2D eigenvalue weighted by Gasteiger charge is 2.27. The molecule has 2 rings (SSSR count). The number of nitrogens with zero attached hydrogens (tertiary/aromatic N) is 2. The van der Waals surface area contributed by atoms with E-state index in [9.17, 15) is 8.42 Å². The van der Waals surface area contributed by atoms with E-state index in [4.69, 9.17) is 16.3 Å². The smallest absolute Gasteiger partial charge is 0.213 e. The predicted octanol–water partition coefficient (Wildman–Crippen LogP) is 2.70. The van der Waals surface area contributed by atoms with Crippen molar-refractivity contribution >= 4 is 51.6 Å². The van der Waals surface area contributed by atoms with Gasteiger partial charge in [-0.3, -0.25) is 4.99 Å². The minimum Gasteiger partial charge on any atom is -0.489 e. The number of benzene rings is 1. The highest BCUT2D eigenvalue weighted by atomic mass is 127. The van der Waals surface area contributed by atoms with Crippen LogP contribution in [0.15, 0.2) is 29.3 Å². The van der Waals surface area contributed by atoms with E-state index >= 15 is 0 Å². The summed E-state index contributed by atoms with van der Waals surface area (Å²) in [7, 11) is -1.38. The molecule has 0 saturated carbocycles. The molecule has 7 nitrogen and oxygen atoms in total. The van der Waals surface area contributed by atoms with E-state index in [-0.39, 0.29) is 41.9 Å². The SMILES string of the molecule is CCS(=O)(=O)N1CCC(NC(=NC)NCC(C)Oc2cccc(Cl)c2)CC1.I. The first-order valence-electron chi connectivity index (χ1n) is 9.21. The van der Waals surface area contributed by atoms with Crippen molar-refractivity contribution in [1.29, 1.82) is 0 Å². The lowest BCUT2D eigenvalue weighted by molar-refractivity contribution is 0.223. The van der Waals surface area contributed by atoms with Gasteiger partial charge in [0.2, 0.25) is 10.0 Å². The second-order valence-corrected chi connectivity index (χ2v) is 9.25. The van der Waals surface area contributed by atoms with Gasteiger partial charge in [0.05, 0.1) is 12.3 Å². The van der Waals surface area contributed by atoms with Crippen LogP contribution in [0, 0.1) is 0 Å². The fraction of sp³-hybridized carbons (Fsp3) is 0.611. The van der Waals surface area contributed by atoms with E-state index in [1.165, 1.54) is 0 Å². The van der Waals surface area contributed by atoms with Crippen molar-refractivity contribution in [3.63, 3.8) is 0 Å². The van der Waals surface area contributed by atoms with Crippen LogP contribution < -0.4 is 15.4 Å². The van der Waals surface area contributed by atoms with Crippen LogP contribution in [0.3, 0.4) is 0 Å². The molecule has 10 heteroatoms. The summed E-state index contributed by atoms with van der Waals surface area (Å²) >= 11 is 5.97.